The van der Waals surface area contributed by atoms with E-state index in [0.29, 0.717) is 6.04 Å². The number of nitrogens with zero attached hydrogens (tertiary/aromatic N) is 3. The molecule has 2 aromatic heterocycles. The summed E-state index contributed by atoms with van der Waals surface area (Å²) in [7, 11) is 0. The summed E-state index contributed by atoms with van der Waals surface area (Å²) in [6.07, 6.45) is 1.82. The van der Waals surface area contributed by atoms with Gasteiger partial charge in [-0.25, -0.2) is 0 Å². The molecule has 2 aromatic rings. The van der Waals surface area contributed by atoms with Crippen LogP contribution in [0.2, 0.25) is 0 Å². The fourth-order valence-corrected chi connectivity index (χ4v) is 2.05. The number of rotatable bonds is 2. The molecule has 0 saturated carbocycles. The lowest BCUT2D eigenvalue weighted by molar-refractivity contribution is 0.516. The van der Waals surface area contributed by atoms with Gasteiger partial charge in [-0.15, -0.1) is 0 Å². The summed E-state index contributed by atoms with van der Waals surface area (Å²) in [5, 5.41) is 4.56. The van der Waals surface area contributed by atoms with Crippen LogP contribution in [0.3, 0.4) is 0 Å². The summed E-state index contributed by atoms with van der Waals surface area (Å²) < 4.78 is 2.05. The zero-order chi connectivity index (χ0) is 11.7. The third-order valence-corrected chi connectivity index (χ3v) is 2.74. The van der Waals surface area contributed by atoms with Crippen molar-refractivity contribution < 1.29 is 0 Å². The molecule has 0 aliphatic heterocycles. The smallest absolute Gasteiger partial charge is 0.0738 e. The van der Waals surface area contributed by atoms with Gasteiger partial charge in [-0.1, -0.05) is 6.07 Å². The van der Waals surface area contributed by atoms with E-state index in [0.717, 1.165) is 17.0 Å². The van der Waals surface area contributed by atoms with Crippen molar-refractivity contribution in [2.24, 2.45) is 0 Å². The van der Waals surface area contributed by atoms with Crippen LogP contribution < -0.4 is 0 Å². The third kappa shape index (κ3) is 1.73. The summed E-state index contributed by atoms with van der Waals surface area (Å²) in [6.45, 7) is 8.42. The first-order chi connectivity index (χ1) is 7.61. The molecule has 0 unspecified atom stereocenters. The minimum Gasteiger partial charge on any atom is -0.266 e. The quantitative estimate of drug-likeness (QED) is 0.770. The van der Waals surface area contributed by atoms with E-state index in [1.807, 2.05) is 31.3 Å². The summed E-state index contributed by atoms with van der Waals surface area (Å²) in [6, 6.07) is 6.35. The number of aromatic nitrogens is 3. The van der Waals surface area contributed by atoms with Crippen LogP contribution in [-0.2, 0) is 0 Å². The van der Waals surface area contributed by atoms with Crippen molar-refractivity contribution in [1.82, 2.24) is 14.8 Å². The Kier molecular flexibility index (Phi) is 2.77. The molecule has 0 saturated heterocycles. The van der Waals surface area contributed by atoms with Crippen molar-refractivity contribution in [3.63, 3.8) is 0 Å². The van der Waals surface area contributed by atoms with Crippen LogP contribution in [0.15, 0.2) is 24.4 Å². The predicted molar refractivity (Wildman–Crippen MR) is 65.3 cm³/mol. The first kappa shape index (κ1) is 10.9. The second-order valence-electron chi connectivity index (χ2n) is 4.30. The molecule has 3 heteroatoms. The Balaban J connectivity index is 2.58. The molecule has 84 valence electrons. The predicted octanol–water partition coefficient (Wildman–Crippen LogP) is 3.14. The molecule has 0 aliphatic rings. The van der Waals surface area contributed by atoms with E-state index in [2.05, 4.69) is 35.5 Å². The normalized spacial score (nSPS) is 11.1. The first-order valence-electron chi connectivity index (χ1n) is 5.58. The van der Waals surface area contributed by atoms with E-state index in [1.54, 1.807) is 0 Å². The van der Waals surface area contributed by atoms with Crippen LogP contribution in [0.25, 0.3) is 11.3 Å². The first-order valence-corrected chi connectivity index (χ1v) is 5.58. The molecule has 0 bridgehead atoms. The molecular weight excluding hydrogens is 198 g/mol. The molecule has 0 amide bonds. The van der Waals surface area contributed by atoms with Crippen molar-refractivity contribution in [2.75, 3.05) is 0 Å². The molecule has 0 fully saturated rings. The zero-order valence-corrected chi connectivity index (χ0v) is 10.2. The Morgan fingerprint density at radius 1 is 1.19 bits per heavy atom. The number of aryl methyl sites for hydroxylation is 1. The van der Waals surface area contributed by atoms with Gasteiger partial charge in [-0.05, 0) is 39.8 Å². The Hall–Kier alpha value is -1.64. The average Bonchev–Trinajstić information content (AvgIpc) is 2.56. The molecule has 0 radical (unpaired) electrons. The van der Waals surface area contributed by atoms with Crippen LogP contribution in [0.5, 0.6) is 0 Å². The third-order valence-electron chi connectivity index (χ3n) is 2.74. The van der Waals surface area contributed by atoms with Crippen LogP contribution in [0, 0.1) is 13.8 Å². The van der Waals surface area contributed by atoms with Gasteiger partial charge < -0.3 is 0 Å². The van der Waals surface area contributed by atoms with Gasteiger partial charge in [0.1, 0.15) is 0 Å². The molecule has 2 rings (SSSR count). The molecule has 0 aromatic carbocycles. The van der Waals surface area contributed by atoms with Gasteiger partial charge in [0.05, 0.1) is 11.4 Å². The molecule has 0 aliphatic carbocycles. The highest BCUT2D eigenvalue weighted by atomic mass is 15.3. The maximum absolute atomic E-state index is 4.56. The Morgan fingerprint density at radius 2 is 1.94 bits per heavy atom. The van der Waals surface area contributed by atoms with E-state index in [9.17, 15) is 0 Å². The number of hydrogen-bond donors (Lipinski definition) is 0. The van der Waals surface area contributed by atoms with Gasteiger partial charge in [-0.3, -0.25) is 9.67 Å². The van der Waals surface area contributed by atoms with Gasteiger partial charge in [0.25, 0.3) is 0 Å². The monoisotopic (exact) mass is 215 g/mol. The lowest BCUT2D eigenvalue weighted by Crippen LogP contribution is -2.04. The van der Waals surface area contributed by atoms with Gasteiger partial charge in [0.2, 0.25) is 0 Å². The minimum absolute atomic E-state index is 0.385. The Bertz CT molecular complexity index is 483. The largest absolute Gasteiger partial charge is 0.266 e. The SMILES string of the molecule is Cc1nn(C(C)C)c(C)c1-c1ccccn1. The van der Waals surface area contributed by atoms with E-state index < -0.39 is 0 Å². The van der Waals surface area contributed by atoms with E-state index in [1.165, 1.54) is 5.69 Å². The van der Waals surface area contributed by atoms with Crippen molar-refractivity contribution in [2.45, 2.75) is 33.7 Å². The summed E-state index contributed by atoms with van der Waals surface area (Å²) in [4.78, 5) is 4.39. The zero-order valence-electron chi connectivity index (χ0n) is 10.2. The van der Waals surface area contributed by atoms with Crippen LogP contribution in [-0.4, -0.2) is 14.8 Å². The maximum atomic E-state index is 4.56. The van der Waals surface area contributed by atoms with Crippen LogP contribution in [0.4, 0.5) is 0 Å². The van der Waals surface area contributed by atoms with Gasteiger partial charge >= 0.3 is 0 Å². The van der Waals surface area contributed by atoms with Crippen molar-refractivity contribution >= 4 is 0 Å². The molecule has 0 N–H and O–H groups in total. The van der Waals surface area contributed by atoms with Crippen LogP contribution >= 0.6 is 0 Å². The van der Waals surface area contributed by atoms with Gasteiger partial charge in [-0.2, -0.15) is 5.10 Å². The molecule has 16 heavy (non-hydrogen) atoms. The van der Waals surface area contributed by atoms with E-state index in [-0.39, 0.29) is 0 Å². The average molecular weight is 215 g/mol. The van der Waals surface area contributed by atoms with Crippen molar-refractivity contribution in [3.05, 3.63) is 35.8 Å². The minimum atomic E-state index is 0.385. The summed E-state index contributed by atoms with van der Waals surface area (Å²) >= 11 is 0. The molecular formula is C13H17N3. The number of pyridine rings is 1. The standard InChI is InChI=1S/C13H17N3/c1-9(2)16-11(4)13(10(3)15-16)12-7-5-6-8-14-12/h5-9H,1-4H3. The van der Waals surface area contributed by atoms with Gasteiger partial charge in [0.15, 0.2) is 0 Å². The van der Waals surface area contributed by atoms with Gasteiger partial charge in [0, 0.05) is 23.5 Å². The van der Waals surface area contributed by atoms with E-state index >= 15 is 0 Å². The summed E-state index contributed by atoms with van der Waals surface area (Å²) in [5.41, 5.74) is 4.40. The molecule has 0 spiro atoms. The van der Waals surface area contributed by atoms with Crippen molar-refractivity contribution in [1.29, 1.82) is 0 Å². The topological polar surface area (TPSA) is 30.7 Å². The van der Waals surface area contributed by atoms with E-state index in [4.69, 9.17) is 0 Å². The molecule has 2 heterocycles. The maximum Gasteiger partial charge on any atom is 0.0738 e. The fourth-order valence-electron chi connectivity index (χ4n) is 2.05. The Labute approximate surface area is 96.1 Å². The highest BCUT2D eigenvalue weighted by molar-refractivity contribution is 5.64. The van der Waals surface area contributed by atoms with Crippen molar-refractivity contribution in [3.8, 4) is 11.3 Å². The second kappa shape index (κ2) is 4.08. The summed E-state index contributed by atoms with van der Waals surface area (Å²) in [5.74, 6) is 0. The fraction of sp³-hybridized carbons (Fsp3) is 0.385. The molecule has 3 nitrogen and oxygen atoms in total. The lowest BCUT2D eigenvalue weighted by atomic mass is 10.1. The van der Waals surface area contributed by atoms with Crippen LogP contribution in [0.1, 0.15) is 31.3 Å². The second-order valence-corrected chi connectivity index (χ2v) is 4.30. The highest BCUT2D eigenvalue weighted by Gasteiger charge is 2.15. The lowest BCUT2D eigenvalue weighted by Gasteiger charge is -2.08. The molecule has 0 atom stereocenters. The Morgan fingerprint density at radius 3 is 2.44 bits per heavy atom. The number of hydrogen-bond acceptors (Lipinski definition) is 2. The highest BCUT2D eigenvalue weighted by Crippen LogP contribution is 2.26.